The second-order valence-electron chi connectivity index (χ2n) is 6.36. The van der Waals surface area contributed by atoms with Gasteiger partial charge in [0.2, 0.25) is 0 Å². The van der Waals surface area contributed by atoms with Crippen molar-refractivity contribution in [1.29, 1.82) is 0 Å². The number of carbonyl (C=O) groups excluding carboxylic acids is 1. The molecule has 1 saturated carbocycles. The first-order valence-electron chi connectivity index (χ1n) is 7.97. The predicted octanol–water partition coefficient (Wildman–Crippen LogP) is 3.53. The minimum atomic E-state index is -0.00420. The highest BCUT2D eigenvalue weighted by molar-refractivity contribution is 5.97. The molecule has 0 bridgehead atoms. The van der Waals surface area contributed by atoms with Crippen LogP contribution in [0.4, 0.5) is 0 Å². The smallest absolute Gasteiger partial charge is 0.251 e. The molecule has 1 aromatic heterocycles. The van der Waals surface area contributed by atoms with Gasteiger partial charge >= 0.3 is 0 Å². The van der Waals surface area contributed by atoms with Crippen LogP contribution in [0, 0.1) is 13.8 Å². The maximum atomic E-state index is 12.2. The molecule has 0 atom stereocenters. The monoisotopic (exact) mass is 305 g/mol. The quantitative estimate of drug-likeness (QED) is 0.804. The second kappa shape index (κ2) is 5.23. The van der Waals surface area contributed by atoms with Gasteiger partial charge in [0.1, 0.15) is 6.33 Å². The van der Waals surface area contributed by atoms with Gasteiger partial charge in [-0.05, 0) is 56.5 Å². The number of amides is 1. The summed E-state index contributed by atoms with van der Waals surface area (Å²) in [6.45, 7) is 4.19. The summed E-state index contributed by atoms with van der Waals surface area (Å²) in [4.78, 5) is 16.6. The molecule has 1 aliphatic carbocycles. The van der Waals surface area contributed by atoms with Gasteiger partial charge in [-0.25, -0.2) is 4.98 Å². The van der Waals surface area contributed by atoms with E-state index >= 15 is 0 Å². The standard InChI is InChI=1S/C19H19N3O/c1-12-3-7-17(13(2)9-12)22-11-20-16-10-14(4-8-18(16)22)19(23)21-15-5-6-15/h3-4,7-11,15H,5-6H2,1-2H3,(H,21,23). The van der Waals surface area contributed by atoms with Gasteiger partial charge in [-0.1, -0.05) is 17.7 Å². The summed E-state index contributed by atoms with van der Waals surface area (Å²) in [5, 5.41) is 3.02. The highest BCUT2D eigenvalue weighted by Gasteiger charge is 2.24. The Morgan fingerprint density at radius 3 is 2.74 bits per heavy atom. The number of carbonyl (C=O) groups is 1. The molecule has 1 aliphatic rings. The van der Waals surface area contributed by atoms with Crippen molar-refractivity contribution < 1.29 is 4.79 Å². The van der Waals surface area contributed by atoms with Crippen molar-refractivity contribution in [2.75, 3.05) is 0 Å². The molecule has 0 saturated heterocycles. The zero-order valence-corrected chi connectivity index (χ0v) is 13.3. The van der Waals surface area contributed by atoms with Crippen LogP contribution in [-0.4, -0.2) is 21.5 Å². The molecule has 4 rings (SSSR count). The summed E-state index contributed by atoms with van der Waals surface area (Å²) in [6.07, 6.45) is 4.01. The van der Waals surface area contributed by atoms with Gasteiger partial charge < -0.3 is 5.32 Å². The molecule has 2 aromatic carbocycles. The number of imidazole rings is 1. The van der Waals surface area contributed by atoms with Crippen molar-refractivity contribution >= 4 is 16.9 Å². The largest absolute Gasteiger partial charge is 0.349 e. The molecule has 1 fully saturated rings. The number of nitrogens with one attached hydrogen (secondary N) is 1. The van der Waals surface area contributed by atoms with Crippen molar-refractivity contribution in [2.45, 2.75) is 32.7 Å². The van der Waals surface area contributed by atoms with E-state index in [1.54, 1.807) is 0 Å². The molecule has 1 amide bonds. The SMILES string of the molecule is Cc1ccc(-n2cnc3cc(C(=O)NC4CC4)ccc32)c(C)c1. The Hall–Kier alpha value is -2.62. The average molecular weight is 305 g/mol. The van der Waals surface area contributed by atoms with E-state index in [0.717, 1.165) is 29.6 Å². The van der Waals surface area contributed by atoms with Crippen molar-refractivity contribution in [3.8, 4) is 5.69 Å². The van der Waals surface area contributed by atoms with E-state index in [9.17, 15) is 4.79 Å². The fourth-order valence-electron chi connectivity index (χ4n) is 2.92. The number of rotatable bonds is 3. The van der Waals surface area contributed by atoms with Crippen molar-refractivity contribution in [3.05, 3.63) is 59.4 Å². The van der Waals surface area contributed by atoms with E-state index < -0.39 is 0 Å². The molecule has 1 heterocycles. The molecule has 3 aromatic rings. The molecule has 116 valence electrons. The van der Waals surface area contributed by atoms with Gasteiger partial charge in [0, 0.05) is 11.6 Å². The fourth-order valence-corrected chi connectivity index (χ4v) is 2.92. The van der Waals surface area contributed by atoms with Crippen molar-refractivity contribution in [1.82, 2.24) is 14.9 Å². The highest BCUT2D eigenvalue weighted by Crippen LogP contribution is 2.23. The highest BCUT2D eigenvalue weighted by atomic mass is 16.1. The Kier molecular flexibility index (Phi) is 3.18. The Bertz CT molecular complexity index is 906. The van der Waals surface area contributed by atoms with Gasteiger partial charge in [0.25, 0.3) is 5.91 Å². The van der Waals surface area contributed by atoms with Gasteiger partial charge in [-0.2, -0.15) is 0 Å². The van der Waals surface area contributed by atoms with Gasteiger partial charge in [-0.3, -0.25) is 9.36 Å². The van der Waals surface area contributed by atoms with Crippen LogP contribution in [0.5, 0.6) is 0 Å². The Labute approximate surface area is 135 Å². The second-order valence-corrected chi connectivity index (χ2v) is 6.36. The van der Waals surface area contributed by atoms with Crippen LogP contribution in [0.3, 0.4) is 0 Å². The molecule has 4 heteroatoms. The van der Waals surface area contributed by atoms with E-state index in [4.69, 9.17) is 0 Å². The maximum Gasteiger partial charge on any atom is 0.251 e. The Morgan fingerprint density at radius 1 is 1.17 bits per heavy atom. The summed E-state index contributed by atoms with van der Waals surface area (Å²) >= 11 is 0. The zero-order valence-electron chi connectivity index (χ0n) is 13.3. The molecule has 1 N–H and O–H groups in total. The first-order chi connectivity index (χ1) is 11.1. The summed E-state index contributed by atoms with van der Waals surface area (Å²) in [7, 11) is 0. The number of benzene rings is 2. The third-order valence-electron chi connectivity index (χ3n) is 4.33. The minimum absolute atomic E-state index is 0.00420. The summed E-state index contributed by atoms with van der Waals surface area (Å²) in [6, 6.07) is 12.5. The fraction of sp³-hybridized carbons (Fsp3) is 0.263. The van der Waals surface area contributed by atoms with E-state index in [-0.39, 0.29) is 5.91 Å². The van der Waals surface area contributed by atoms with Crippen LogP contribution in [0.25, 0.3) is 16.7 Å². The van der Waals surface area contributed by atoms with Crippen LogP contribution >= 0.6 is 0 Å². The Balaban J connectivity index is 1.73. The lowest BCUT2D eigenvalue weighted by atomic mass is 10.1. The van der Waals surface area contributed by atoms with E-state index in [0.29, 0.717) is 11.6 Å². The molecular formula is C19H19N3O. The summed E-state index contributed by atoms with van der Waals surface area (Å²) in [5.41, 5.74) is 6.10. The lowest BCUT2D eigenvalue weighted by molar-refractivity contribution is 0.0951. The topological polar surface area (TPSA) is 46.9 Å². The number of aromatic nitrogens is 2. The van der Waals surface area contributed by atoms with E-state index in [1.165, 1.54) is 11.1 Å². The lowest BCUT2D eigenvalue weighted by Crippen LogP contribution is -2.25. The normalized spacial score (nSPS) is 14.2. The number of hydrogen-bond donors (Lipinski definition) is 1. The number of hydrogen-bond acceptors (Lipinski definition) is 2. The molecule has 0 aliphatic heterocycles. The third kappa shape index (κ3) is 2.61. The first kappa shape index (κ1) is 14.0. The van der Waals surface area contributed by atoms with Crippen LogP contribution in [0.15, 0.2) is 42.7 Å². The predicted molar refractivity (Wildman–Crippen MR) is 91.0 cm³/mol. The summed E-state index contributed by atoms with van der Waals surface area (Å²) < 4.78 is 2.08. The number of aryl methyl sites for hydroxylation is 2. The third-order valence-corrected chi connectivity index (χ3v) is 4.33. The molecule has 0 radical (unpaired) electrons. The first-order valence-corrected chi connectivity index (χ1v) is 7.97. The van der Waals surface area contributed by atoms with Crippen molar-refractivity contribution in [2.24, 2.45) is 0 Å². The maximum absolute atomic E-state index is 12.2. The summed E-state index contributed by atoms with van der Waals surface area (Å²) in [5.74, 6) is -0.00420. The van der Waals surface area contributed by atoms with Crippen LogP contribution in [0.1, 0.15) is 34.3 Å². The Morgan fingerprint density at radius 2 is 2.00 bits per heavy atom. The van der Waals surface area contributed by atoms with Crippen LogP contribution in [0.2, 0.25) is 0 Å². The minimum Gasteiger partial charge on any atom is -0.349 e. The zero-order chi connectivity index (χ0) is 16.0. The van der Waals surface area contributed by atoms with Gasteiger partial charge in [0.15, 0.2) is 0 Å². The van der Waals surface area contributed by atoms with E-state index in [2.05, 4.69) is 46.9 Å². The van der Waals surface area contributed by atoms with Crippen molar-refractivity contribution in [3.63, 3.8) is 0 Å². The molecule has 23 heavy (non-hydrogen) atoms. The molecule has 0 spiro atoms. The average Bonchev–Trinajstić information content (AvgIpc) is 3.24. The molecule has 4 nitrogen and oxygen atoms in total. The van der Waals surface area contributed by atoms with Crippen LogP contribution in [-0.2, 0) is 0 Å². The number of nitrogens with zero attached hydrogens (tertiary/aromatic N) is 2. The van der Waals surface area contributed by atoms with Gasteiger partial charge in [0.05, 0.1) is 16.7 Å². The number of fused-ring (bicyclic) bond motifs is 1. The lowest BCUT2D eigenvalue weighted by Gasteiger charge is -2.09. The molecular weight excluding hydrogens is 286 g/mol. The van der Waals surface area contributed by atoms with Gasteiger partial charge in [-0.15, -0.1) is 0 Å². The molecule has 0 unspecified atom stereocenters. The van der Waals surface area contributed by atoms with E-state index in [1.807, 2.05) is 24.5 Å². The van der Waals surface area contributed by atoms with Crippen LogP contribution < -0.4 is 5.32 Å².